The smallest absolute Gasteiger partial charge is 0.0901 e. The van der Waals surface area contributed by atoms with Gasteiger partial charge >= 0.3 is 0 Å². The van der Waals surface area contributed by atoms with Crippen molar-refractivity contribution in [1.29, 1.82) is 0 Å². The van der Waals surface area contributed by atoms with Crippen LogP contribution < -0.4 is 0 Å². The van der Waals surface area contributed by atoms with Crippen LogP contribution in [-0.2, 0) is 0 Å². The monoisotopic (exact) mass is 353 g/mol. The average molecular weight is 356 g/mol. The first-order chi connectivity index (χ1) is 6.59. The van der Waals surface area contributed by atoms with E-state index in [2.05, 4.69) is 36.8 Å². The van der Waals surface area contributed by atoms with Crippen molar-refractivity contribution in [3.8, 4) is 0 Å². The highest BCUT2D eigenvalue weighted by molar-refractivity contribution is 9.11. The third-order valence-corrected chi connectivity index (χ3v) is 3.90. The summed E-state index contributed by atoms with van der Waals surface area (Å²) in [6.07, 6.45) is 1.58. The van der Waals surface area contributed by atoms with Crippen molar-refractivity contribution in [3.63, 3.8) is 0 Å². The van der Waals surface area contributed by atoms with E-state index in [0.717, 1.165) is 19.8 Å². The number of halogens is 4. The fourth-order valence-electron chi connectivity index (χ4n) is 1.17. The number of fused-ring (bicyclic) bond motifs is 1. The van der Waals surface area contributed by atoms with E-state index in [0.29, 0.717) is 10.0 Å². The maximum Gasteiger partial charge on any atom is 0.0901 e. The molecule has 0 saturated heterocycles. The summed E-state index contributed by atoms with van der Waals surface area (Å²) in [5.74, 6) is 0. The lowest BCUT2D eigenvalue weighted by molar-refractivity contribution is 1.40. The van der Waals surface area contributed by atoms with E-state index in [1.165, 1.54) is 0 Å². The molecular weight excluding hydrogens is 353 g/mol. The summed E-state index contributed by atoms with van der Waals surface area (Å²) in [7, 11) is 0. The molecule has 0 fully saturated rings. The largest absolute Gasteiger partial charge is 0.253 e. The summed E-state index contributed by atoms with van der Waals surface area (Å²) >= 11 is 18.7. The molecular formula is C9H3Br2Cl2N. The number of benzene rings is 1. The van der Waals surface area contributed by atoms with E-state index >= 15 is 0 Å². The van der Waals surface area contributed by atoms with Crippen LogP contribution in [0.3, 0.4) is 0 Å². The normalized spacial score (nSPS) is 10.9. The lowest BCUT2D eigenvalue weighted by Gasteiger charge is -2.04. The lowest BCUT2D eigenvalue weighted by atomic mass is 10.2. The molecule has 0 atom stereocenters. The second-order valence-corrected chi connectivity index (χ2v) is 5.23. The molecule has 0 amide bonds. The zero-order valence-corrected chi connectivity index (χ0v) is 11.4. The summed E-state index contributed by atoms with van der Waals surface area (Å²) in [6, 6.07) is 3.72. The highest BCUT2D eigenvalue weighted by Gasteiger charge is 2.08. The molecule has 2 aromatic rings. The topological polar surface area (TPSA) is 12.9 Å². The van der Waals surface area contributed by atoms with Crippen LogP contribution in [0.2, 0.25) is 10.0 Å². The Labute approximate surface area is 108 Å². The van der Waals surface area contributed by atoms with Crippen LogP contribution in [0.15, 0.2) is 27.3 Å². The quantitative estimate of drug-likeness (QED) is 0.643. The fraction of sp³-hybridized carbons (Fsp3) is 0. The summed E-state index contributed by atoms with van der Waals surface area (Å²) < 4.78 is 1.71. The number of pyridine rings is 1. The minimum absolute atomic E-state index is 0.576. The van der Waals surface area contributed by atoms with Gasteiger partial charge in [0, 0.05) is 20.5 Å². The van der Waals surface area contributed by atoms with Gasteiger partial charge in [-0.1, -0.05) is 39.1 Å². The summed E-state index contributed by atoms with van der Waals surface area (Å²) in [4.78, 5) is 4.17. The fourth-order valence-corrected chi connectivity index (χ4v) is 2.58. The first kappa shape index (κ1) is 10.7. The van der Waals surface area contributed by atoms with E-state index in [4.69, 9.17) is 23.2 Å². The number of nitrogens with zero attached hydrogens (tertiary/aromatic N) is 1. The van der Waals surface area contributed by atoms with Gasteiger partial charge in [0.25, 0.3) is 0 Å². The minimum Gasteiger partial charge on any atom is -0.253 e. The Kier molecular flexibility index (Phi) is 3.03. The molecule has 1 heterocycles. The predicted octanol–water partition coefficient (Wildman–Crippen LogP) is 5.07. The molecule has 0 aliphatic rings. The Morgan fingerprint density at radius 3 is 2.50 bits per heavy atom. The van der Waals surface area contributed by atoms with Gasteiger partial charge in [0.05, 0.1) is 15.6 Å². The van der Waals surface area contributed by atoms with E-state index in [1.54, 1.807) is 12.3 Å². The van der Waals surface area contributed by atoms with E-state index in [9.17, 15) is 0 Å². The highest BCUT2D eigenvalue weighted by atomic mass is 79.9. The van der Waals surface area contributed by atoms with Gasteiger partial charge in [0.1, 0.15) is 0 Å². The molecule has 1 nitrogen and oxygen atoms in total. The predicted molar refractivity (Wildman–Crippen MR) is 67.2 cm³/mol. The molecule has 0 spiro atoms. The third-order valence-electron chi connectivity index (χ3n) is 1.78. The third kappa shape index (κ3) is 1.78. The number of aromatic nitrogens is 1. The molecule has 1 aromatic heterocycles. The van der Waals surface area contributed by atoms with Gasteiger partial charge in [0.2, 0.25) is 0 Å². The Hall–Kier alpha value is 0.170. The van der Waals surface area contributed by atoms with Gasteiger partial charge in [-0.2, -0.15) is 0 Å². The van der Waals surface area contributed by atoms with Gasteiger partial charge in [-0.25, -0.2) is 0 Å². The van der Waals surface area contributed by atoms with E-state index < -0.39 is 0 Å². The van der Waals surface area contributed by atoms with Crippen LogP contribution in [0, 0.1) is 0 Å². The molecule has 5 heteroatoms. The zero-order valence-electron chi connectivity index (χ0n) is 6.69. The maximum absolute atomic E-state index is 6.03. The first-order valence-corrected chi connectivity index (χ1v) is 6.02. The molecule has 0 aliphatic carbocycles. The van der Waals surface area contributed by atoms with Crippen molar-refractivity contribution in [2.24, 2.45) is 0 Å². The van der Waals surface area contributed by atoms with Gasteiger partial charge in [-0.15, -0.1) is 0 Å². The van der Waals surface area contributed by atoms with Crippen LogP contribution in [0.1, 0.15) is 0 Å². The van der Waals surface area contributed by atoms with Gasteiger partial charge in [-0.05, 0) is 28.1 Å². The molecule has 72 valence electrons. The van der Waals surface area contributed by atoms with Crippen LogP contribution in [-0.4, -0.2) is 4.98 Å². The van der Waals surface area contributed by atoms with Gasteiger partial charge in [0.15, 0.2) is 0 Å². The SMILES string of the molecule is Clc1cnc2c(Cl)cc(Br)cc2c1Br. The molecule has 0 unspecified atom stereocenters. The summed E-state index contributed by atoms with van der Waals surface area (Å²) in [6.45, 7) is 0. The molecule has 2 rings (SSSR count). The molecule has 0 aliphatic heterocycles. The van der Waals surface area contributed by atoms with Crippen molar-refractivity contribution in [1.82, 2.24) is 4.98 Å². The molecule has 0 bridgehead atoms. The van der Waals surface area contributed by atoms with Crippen molar-refractivity contribution in [3.05, 3.63) is 37.3 Å². The van der Waals surface area contributed by atoms with Crippen LogP contribution in [0.5, 0.6) is 0 Å². The van der Waals surface area contributed by atoms with Crippen molar-refractivity contribution in [2.45, 2.75) is 0 Å². The Morgan fingerprint density at radius 2 is 1.79 bits per heavy atom. The Balaban J connectivity index is 2.95. The Bertz CT molecular complexity index is 514. The molecule has 0 radical (unpaired) electrons. The standard InChI is InChI=1S/C9H3Br2Cl2N/c10-4-1-5-8(11)7(13)3-14-9(5)6(12)2-4/h1-3H. The van der Waals surface area contributed by atoms with Gasteiger partial charge in [-0.3, -0.25) is 4.98 Å². The average Bonchev–Trinajstić information content (AvgIpc) is 2.12. The number of rotatable bonds is 0. The van der Waals surface area contributed by atoms with Crippen LogP contribution in [0.25, 0.3) is 10.9 Å². The van der Waals surface area contributed by atoms with Crippen molar-refractivity contribution in [2.75, 3.05) is 0 Å². The molecule has 0 N–H and O–H groups in total. The number of hydrogen-bond acceptors (Lipinski definition) is 1. The highest BCUT2D eigenvalue weighted by Crippen LogP contribution is 2.34. The minimum atomic E-state index is 0.576. The second kappa shape index (κ2) is 3.97. The zero-order chi connectivity index (χ0) is 10.3. The summed E-state index contributed by atoms with van der Waals surface area (Å²) in [5.41, 5.74) is 0.742. The van der Waals surface area contributed by atoms with E-state index in [1.807, 2.05) is 6.07 Å². The number of hydrogen-bond donors (Lipinski definition) is 0. The van der Waals surface area contributed by atoms with Crippen molar-refractivity contribution < 1.29 is 0 Å². The van der Waals surface area contributed by atoms with Crippen LogP contribution in [0.4, 0.5) is 0 Å². The first-order valence-electron chi connectivity index (χ1n) is 3.68. The van der Waals surface area contributed by atoms with Crippen molar-refractivity contribution >= 4 is 66.0 Å². The second-order valence-electron chi connectivity index (χ2n) is 2.70. The Morgan fingerprint density at radius 1 is 1.07 bits per heavy atom. The molecule has 14 heavy (non-hydrogen) atoms. The summed E-state index contributed by atoms with van der Waals surface area (Å²) in [5, 5.41) is 2.08. The lowest BCUT2D eigenvalue weighted by Crippen LogP contribution is -1.83. The van der Waals surface area contributed by atoms with E-state index in [-0.39, 0.29) is 0 Å². The maximum atomic E-state index is 6.03. The van der Waals surface area contributed by atoms with Crippen LogP contribution >= 0.6 is 55.1 Å². The molecule has 0 saturated carbocycles. The molecule has 1 aromatic carbocycles. The van der Waals surface area contributed by atoms with Gasteiger partial charge < -0.3 is 0 Å².